The molecule has 4 nitrogen and oxygen atoms in total. The molecule has 1 aliphatic rings. The zero-order chi connectivity index (χ0) is 22.1. The van der Waals surface area contributed by atoms with Crippen LogP contribution < -0.4 is 4.74 Å². The maximum absolute atomic E-state index is 11.2. The first kappa shape index (κ1) is 24.7. The van der Waals surface area contributed by atoms with Gasteiger partial charge in [-0.05, 0) is 47.7 Å². The maximum atomic E-state index is 11.2. The van der Waals surface area contributed by atoms with Gasteiger partial charge in [-0.3, -0.25) is 0 Å². The van der Waals surface area contributed by atoms with Crippen LogP contribution in [0.2, 0.25) is 5.02 Å². The predicted molar refractivity (Wildman–Crippen MR) is 128 cm³/mol. The monoisotopic (exact) mass is 556 g/mol. The van der Waals surface area contributed by atoms with Crippen LogP contribution in [0.4, 0.5) is 0 Å². The second-order valence-corrected chi connectivity index (χ2v) is 9.55. The highest BCUT2D eigenvalue weighted by atomic mass is 79.9. The molecule has 1 N–H and O–H groups in total. The lowest BCUT2D eigenvalue weighted by Gasteiger charge is -2.19. The van der Waals surface area contributed by atoms with Gasteiger partial charge < -0.3 is 14.6 Å². The highest BCUT2D eigenvalue weighted by Crippen LogP contribution is 2.33. The molecule has 30 heavy (non-hydrogen) atoms. The SMILES string of the molecule is CCO[C@@H](Cc1ccc(OC/C=C(/C)C#CC2(Br)C=CC=C(Br)C2)c(Cl)c1)C(=O)O. The van der Waals surface area contributed by atoms with Gasteiger partial charge in [0.25, 0.3) is 0 Å². The Labute approximate surface area is 199 Å². The summed E-state index contributed by atoms with van der Waals surface area (Å²) in [5, 5.41) is 9.63. The number of halogens is 3. The quantitative estimate of drug-likeness (QED) is 0.311. The third kappa shape index (κ3) is 7.96. The molecule has 0 saturated heterocycles. The van der Waals surface area contributed by atoms with Crippen LogP contribution in [0.5, 0.6) is 5.75 Å². The smallest absolute Gasteiger partial charge is 0.333 e. The molecule has 0 aliphatic heterocycles. The highest BCUT2D eigenvalue weighted by Gasteiger charge is 2.23. The average molecular weight is 559 g/mol. The number of rotatable bonds is 8. The number of allylic oxidation sites excluding steroid dienone is 5. The minimum absolute atomic E-state index is 0.242. The molecule has 1 aromatic rings. The number of carboxylic acids is 1. The van der Waals surface area contributed by atoms with Crippen LogP contribution in [0.25, 0.3) is 0 Å². The second-order valence-electron chi connectivity index (χ2n) is 6.71. The Balaban J connectivity index is 1.95. The summed E-state index contributed by atoms with van der Waals surface area (Å²) in [6.45, 7) is 4.35. The molecule has 0 aromatic heterocycles. The van der Waals surface area contributed by atoms with Crippen molar-refractivity contribution in [2.24, 2.45) is 0 Å². The van der Waals surface area contributed by atoms with E-state index in [0.717, 1.165) is 22.0 Å². The third-order valence-corrected chi connectivity index (χ3v) is 5.80. The molecule has 0 heterocycles. The summed E-state index contributed by atoms with van der Waals surface area (Å²) in [5.41, 5.74) is 1.66. The van der Waals surface area contributed by atoms with Gasteiger partial charge >= 0.3 is 5.97 Å². The fourth-order valence-corrected chi connectivity index (χ4v) is 4.47. The van der Waals surface area contributed by atoms with Crippen LogP contribution in [0.15, 0.2) is 52.6 Å². The molecule has 0 bridgehead atoms. The van der Waals surface area contributed by atoms with E-state index in [1.54, 1.807) is 25.1 Å². The first-order valence-corrected chi connectivity index (χ1v) is 11.4. The molecule has 0 radical (unpaired) electrons. The van der Waals surface area contributed by atoms with Gasteiger partial charge in [0.1, 0.15) is 16.7 Å². The molecular formula is C23H23Br2ClO4. The summed E-state index contributed by atoms with van der Waals surface area (Å²) in [6, 6.07) is 5.24. The lowest BCUT2D eigenvalue weighted by atomic mass is 10.0. The molecule has 2 rings (SSSR count). The number of hydrogen-bond donors (Lipinski definition) is 1. The van der Waals surface area contributed by atoms with E-state index in [4.69, 9.17) is 21.1 Å². The van der Waals surface area contributed by atoms with Crippen LogP contribution in [0.1, 0.15) is 25.8 Å². The standard InChI is InChI=1S/C23H23Br2ClO4/c1-3-29-21(22(27)28)14-17-6-7-20(19(26)13-17)30-12-9-16(2)8-11-23(25)10-4-5-18(24)15-23/h4-7,9-10,13,21H,3,12,14-15H2,1-2H3,(H,27,28)/b16-9-/t21-,23?/m0/s1. The van der Waals surface area contributed by atoms with Crippen molar-refractivity contribution < 1.29 is 19.4 Å². The molecule has 0 spiro atoms. The van der Waals surface area contributed by atoms with Gasteiger partial charge in [0.15, 0.2) is 6.10 Å². The van der Waals surface area contributed by atoms with Crippen molar-refractivity contribution in [3.8, 4) is 17.6 Å². The van der Waals surface area contributed by atoms with E-state index in [0.29, 0.717) is 24.0 Å². The number of alkyl halides is 1. The van der Waals surface area contributed by atoms with Crippen molar-refractivity contribution in [1.29, 1.82) is 0 Å². The molecule has 0 saturated carbocycles. The van der Waals surface area contributed by atoms with Gasteiger partial charge in [0.2, 0.25) is 0 Å². The summed E-state index contributed by atoms with van der Waals surface area (Å²) in [6.07, 6.45) is 8.01. The number of aliphatic carboxylic acids is 1. The Bertz CT molecular complexity index is 927. The first-order chi connectivity index (χ1) is 14.2. The van der Waals surface area contributed by atoms with Crippen LogP contribution in [0.3, 0.4) is 0 Å². The minimum atomic E-state index is -0.993. The van der Waals surface area contributed by atoms with Crippen molar-refractivity contribution in [1.82, 2.24) is 0 Å². The van der Waals surface area contributed by atoms with E-state index in [-0.39, 0.29) is 10.7 Å². The Kier molecular flexibility index (Phi) is 9.70. The van der Waals surface area contributed by atoms with Crippen molar-refractivity contribution in [2.75, 3.05) is 13.2 Å². The number of benzene rings is 1. The van der Waals surface area contributed by atoms with Gasteiger partial charge in [-0.25, -0.2) is 4.79 Å². The van der Waals surface area contributed by atoms with Crippen LogP contribution in [-0.2, 0) is 16.0 Å². The predicted octanol–water partition coefficient (Wildman–Crippen LogP) is 6.07. The molecule has 0 fully saturated rings. The van der Waals surface area contributed by atoms with Crippen molar-refractivity contribution >= 4 is 49.4 Å². The molecular weight excluding hydrogens is 536 g/mol. The maximum Gasteiger partial charge on any atom is 0.333 e. The molecule has 1 unspecified atom stereocenters. The Morgan fingerprint density at radius 3 is 2.87 bits per heavy atom. The van der Waals surface area contributed by atoms with Gasteiger partial charge in [0.05, 0.1) is 5.02 Å². The Hall–Kier alpha value is -1.52. The summed E-state index contributed by atoms with van der Waals surface area (Å²) < 4.78 is 11.7. The fraction of sp³-hybridized carbons (Fsp3) is 0.348. The number of ether oxygens (including phenoxy) is 2. The van der Waals surface area contributed by atoms with E-state index < -0.39 is 12.1 Å². The van der Waals surface area contributed by atoms with Crippen molar-refractivity contribution in [3.63, 3.8) is 0 Å². The summed E-state index contributed by atoms with van der Waals surface area (Å²) >= 11 is 13.5. The molecule has 2 atom stereocenters. The van der Waals surface area contributed by atoms with Crippen LogP contribution >= 0.6 is 43.5 Å². The molecule has 1 aromatic carbocycles. The van der Waals surface area contributed by atoms with E-state index in [9.17, 15) is 9.90 Å². The fourth-order valence-electron chi connectivity index (χ4n) is 2.69. The Morgan fingerprint density at radius 1 is 1.47 bits per heavy atom. The zero-order valence-corrected chi connectivity index (χ0v) is 20.7. The largest absolute Gasteiger partial charge is 0.488 e. The summed E-state index contributed by atoms with van der Waals surface area (Å²) in [4.78, 5) is 11.2. The average Bonchev–Trinajstić information content (AvgIpc) is 2.67. The summed E-state index contributed by atoms with van der Waals surface area (Å²) in [7, 11) is 0. The minimum Gasteiger partial charge on any atom is -0.488 e. The third-order valence-electron chi connectivity index (χ3n) is 4.22. The topological polar surface area (TPSA) is 55.8 Å². The van der Waals surface area contributed by atoms with Gasteiger partial charge in [-0.15, -0.1) is 0 Å². The van der Waals surface area contributed by atoms with Gasteiger partial charge in [-0.2, -0.15) is 0 Å². The molecule has 0 amide bonds. The van der Waals surface area contributed by atoms with E-state index in [2.05, 4.69) is 43.7 Å². The number of carboxylic acid groups (broad SMARTS) is 1. The van der Waals surface area contributed by atoms with Crippen molar-refractivity contribution in [3.05, 3.63) is 63.1 Å². The van der Waals surface area contributed by atoms with E-state index in [1.807, 2.05) is 31.2 Å². The second kappa shape index (κ2) is 11.8. The highest BCUT2D eigenvalue weighted by molar-refractivity contribution is 9.12. The number of hydrogen-bond acceptors (Lipinski definition) is 3. The van der Waals surface area contributed by atoms with Crippen LogP contribution in [0, 0.1) is 11.8 Å². The van der Waals surface area contributed by atoms with E-state index in [1.165, 1.54) is 0 Å². The van der Waals surface area contributed by atoms with E-state index >= 15 is 0 Å². The first-order valence-electron chi connectivity index (χ1n) is 9.41. The molecule has 160 valence electrons. The lowest BCUT2D eigenvalue weighted by molar-refractivity contribution is -0.149. The lowest BCUT2D eigenvalue weighted by Crippen LogP contribution is -2.26. The normalized spacial score (nSPS) is 19.5. The van der Waals surface area contributed by atoms with Crippen molar-refractivity contribution in [2.45, 2.75) is 37.1 Å². The molecule has 7 heteroatoms. The Morgan fingerprint density at radius 2 is 2.23 bits per heavy atom. The summed E-state index contributed by atoms with van der Waals surface area (Å²) in [5.74, 6) is 5.92. The zero-order valence-electron chi connectivity index (χ0n) is 16.8. The molecule has 1 aliphatic carbocycles. The van der Waals surface area contributed by atoms with Gasteiger partial charge in [-0.1, -0.05) is 79.6 Å². The number of carbonyl (C=O) groups is 1. The van der Waals surface area contributed by atoms with Gasteiger partial charge in [0, 0.05) is 19.4 Å². The van der Waals surface area contributed by atoms with Crippen LogP contribution in [-0.4, -0.2) is 34.7 Å².